The average Bonchev–Trinajstić information content (AvgIpc) is 2.83. The summed E-state index contributed by atoms with van der Waals surface area (Å²) >= 11 is 7.38. The fourth-order valence-corrected chi connectivity index (χ4v) is 3.49. The minimum Gasteiger partial charge on any atom is -0.380 e. The van der Waals surface area contributed by atoms with E-state index in [1.54, 1.807) is 31.2 Å². The van der Waals surface area contributed by atoms with Gasteiger partial charge in [-0.2, -0.15) is 0 Å². The van der Waals surface area contributed by atoms with Gasteiger partial charge in [-0.1, -0.05) is 18.5 Å². The Bertz CT molecular complexity index is 648. The van der Waals surface area contributed by atoms with Crippen molar-refractivity contribution in [2.75, 3.05) is 11.1 Å². The lowest BCUT2D eigenvalue weighted by Crippen LogP contribution is -2.04. The second-order valence-corrected chi connectivity index (χ2v) is 8.07. The van der Waals surface area contributed by atoms with E-state index in [1.165, 1.54) is 11.3 Å². The van der Waals surface area contributed by atoms with E-state index < -0.39 is 9.84 Å². The first-order valence-electron chi connectivity index (χ1n) is 5.82. The molecule has 1 heterocycles. The van der Waals surface area contributed by atoms with Crippen LogP contribution in [0.1, 0.15) is 11.8 Å². The van der Waals surface area contributed by atoms with Gasteiger partial charge in [0.05, 0.1) is 15.0 Å². The fourth-order valence-electron chi connectivity index (χ4n) is 1.58. The van der Waals surface area contributed by atoms with Gasteiger partial charge in [-0.3, -0.25) is 0 Å². The molecule has 102 valence electrons. The Hall–Kier alpha value is -1.04. The van der Waals surface area contributed by atoms with Crippen LogP contribution in [0.15, 0.2) is 41.3 Å². The SMILES string of the molecule is CCS(=O)(=O)c1ccc(NCc2ccc(Cl)s2)cc1. The third kappa shape index (κ3) is 3.72. The van der Waals surface area contributed by atoms with E-state index in [4.69, 9.17) is 11.6 Å². The number of rotatable bonds is 5. The number of hydrogen-bond acceptors (Lipinski definition) is 4. The summed E-state index contributed by atoms with van der Waals surface area (Å²) in [5, 5.41) is 3.23. The van der Waals surface area contributed by atoms with Gasteiger partial charge in [0.2, 0.25) is 0 Å². The van der Waals surface area contributed by atoms with E-state index in [2.05, 4.69) is 5.32 Å². The van der Waals surface area contributed by atoms with Gasteiger partial charge < -0.3 is 5.32 Å². The predicted molar refractivity (Wildman–Crippen MR) is 80.8 cm³/mol. The van der Waals surface area contributed by atoms with Gasteiger partial charge in [0, 0.05) is 17.1 Å². The molecule has 19 heavy (non-hydrogen) atoms. The summed E-state index contributed by atoms with van der Waals surface area (Å²) in [6.45, 7) is 2.32. The zero-order valence-electron chi connectivity index (χ0n) is 10.4. The quantitative estimate of drug-likeness (QED) is 0.912. The smallest absolute Gasteiger partial charge is 0.178 e. The Morgan fingerprint density at radius 1 is 1.16 bits per heavy atom. The van der Waals surface area contributed by atoms with Crippen LogP contribution in [-0.4, -0.2) is 14.2 Å². The summed E-state index contributed by atoms with van der Waals surface area (Å²) in [6.07, 6.45) is 0. The van der Waals surface area contributed by atoms with Crippen LogP contribution in [0.5, 0.6) is 0 Å². The van der Waals surface area contributed by atoms with Crippen LogP contribution in [0.4, 0.5) is 5.69 Å². The summed E-state index contributed by atoms with van der Waals surface area (Å²) in [4.78, 5) is 1.50. The van der Waals surface area contributed by atoms with E-state index in [9.17, 15) is 8.42 Å². The topological polar surface area (TPSA) is 46.2 Å². The molecule has 0 aliphatic rings. The number of anilines is 1. The van der Waals surface area contributed by atoms with Crippen molar-refractivity contribution in [1.29, 1.82) is 0 Å². The average molecular weight is 316 g/mol. The van der Waals surface area contributed by atoms with Crippen LogP contribution < -0.4 is 5.32 Å². The zero-order valence-corrected chi connectivity index (χ0v) is 12.8. The van der Waals surface area contributed by atoms with Gasteiger partial charge in [-0.25, -0.2) is 8.42 Å². The highest BCUT2D eigenvalue weighted by atomic mass is 35.5. The van der Waals surface area contributed by atoms with Gasteiger partial charge in [0.1, 0.15) is 0 Å². The summed E-state index contributed by atoms with van der Waals surface area (Å²) in [6, 6.07) is 10.6. The van der Waals surface area contributed by atoms with Crippen LogP contribution >= 0.6 is 22.9 Å². The maximum atomic E-state index is 11.7. The summed E-state index contributed by atoms with van der Waals surface area (Å²) in [5.41, 5.74) is 0.888. The maximum Gasteiger partial charge on any atom is 0.178 e. The second-order valence-electron chi connectivity index (χ2n) is 3.99. The first kappa shape index (κ1) is 14.4. The molecular weight excluding hydrogens is 302 g/mol. The molecule has 0 radical (unpaired) electrons. The van der Waals surface area contributed by atoms with Crippen LogP contribution in [0.2, 0.25) is 4.34 Å². The van der Waals surface area contributed by atoms with Crippen molar-refractivity contribution in [3.8, 4) is 0 Å². The summed E-state index contributed by atoms with van der Waals surface area (Å²) in [7, 11) is -3.12. The molecule has 1 aromatic carbocycles. The minimum absolute atomic E-state index is 0.119. The van der Waals surface area contributed by atoms with Gasteiger partial charge in [-0.15, -0.1) is 11.3 Å². The molecule has 1 N–H and O–H groups in total. The summed E-state index contributed by atoms with van der Waals surface area (Å²) < 4.78 is 24.1. The Morgan fingerprint density at radius 2 is 1.84 bits per heavy atom. The first-order valence-corrected chi connectivity index (χ1v) is 8.67. The molecule has 0 spiro atoms. The molecule has 0 fully saturated rings. The second kappa shape index (κ2) is 5.94. The molecule has 1 aromatic heterocycles. The molecule has 6 heteroatoms. The van der Waals surface area contributed by atoms with Gasteiger partial charge in [0.25, 0.3) is 0 Å². The van der Waals surface area contributed by atoms with E-state index in [-0.39, 0.29) is 5.75 Å². The van der Waals surface area contributed by atoms with E-state index in [0.29, 0.717) is 11.4 Å². The Balaban J connectivity index is 2.03. The van der Waals surface area contributed by atoms with Gasteiger partial charge in [0.15, 0.2) is 9.84 Å². The molecule has 0 aliphatic heterocycles. The standard InChI is InChI=1S/C13H14ClNO2S2/c1-2-19(16,17)12-6-3-10(4-7-12)15-9-11-5-8-13(14)18-11/h3-8,15H,2,9H2,1H3. The fraction of sp³-hybridized carbons (Fsp3) is 0.231. The van der Waals surface area contributed by atoms with Crippen molar-refractivity contribution in [3.05, 3.63) is 45.6 Å². The third-order valence-corrected chi connectivity index (χ3v) is 5.67. The van der Waals surface area contributed by atoms with Crippen LogP contribution in [0.3, 0.4) is 0 Å². The monoisotopic (exact) mass is 315 g/mol. The maximum absolute atomic E-state index is 11.7. The van der Waals surface area contributed by atoms with Crippen molar-refractivity contribution in [2.45, 2.75) is 18.4 Å². The van der Waals surface area contributed by atoms with E-state index >= 15 is 0 Å². The highest BCUT2D eigenvalue weighted by Gasteiger charge is 2.10. The van der Waals surface area contributed by atoms with Crippen molar-refractivity contribution in [3.63, 3.8) is 0 Å². The molecule has 3 nitrogen and oxygen atoms in total. The van der Waals surface area contributed by atoms with E-state index in [0.717, 1.165) is 14.9 Å². The van der Waals surface area contributed by atoms with Crippen molar-refractivity contribution >= 4 is 38.5 Å². The molecule has 2 rings (SSSR count). The van der Waals surface area contributed by atoms with E-state index in [1.807, 2.05) is 12.1 Å². The Kier molecular flexibility index (Phi) is 4.50. The predicted octanol–water partition coefficient (Wildman–Crippen LogP) is 3.81. The van der Waals surface area contributed by atoms with Crippen LogP contribution in [-0.2, 0) is 16.4 Å². The molecular formula is C13H14ClNO2S2. The van der Waals surface area contributed by atoms with Crippen molar-refractivity contribution in [2.24, 2.45) is 0 Å². The third-order valence-electron chi connectivity index (χ3n) is 2.69. The number of thiophene rings is 1. The lowest BCUT2D eigenvalue weighted by Gasteiger charge is -2.06. The van der Waals surface area contributed by atoms with Crippen molar-refractivity contribution < 1.29 is 8.42 Å². The summed E-state index contributed by atoms with van der Waals surface area (Å²) in [5.74, 6) is 0.119. The molecule has 0 saturated carbocycles. The lowest BCUT2D eigenvalue weighted by atomic mass is 10.3. The molecule has 0 saturated heterocycles. The number of nitrogens with one attached hydrogen (secondary N) is 1. The molecule has 0 amide bonds. The lowest BCUT2D eigenvalue weighted by molar-refractivity contribution is 0.597. The van der Waals surface area contributed by atoms with Gasteiger partial charge in [-0.05, 0) is 36.4 Å². The van der Waals surface area contributed by atoms with Crippen LogP contribution in [0, 0.1) is 0 Å². The van der Waals surface area contributed by atoms with Crippen molar-refractivity contribution in [1.82, 2.24) is 0 Å². The number of sulfone groups is 1. The Labute approximate surface area is 122 Å². The highest BCUT2D eigenvalue weighted by molar-refractivity contribution is 7.91. The molecule has 0 unspecified atom stereocenters. The van der Waals surface area contributed by atoms with Gasteiger partial charge >= 0.3 is 0 Å². The molecule has 0 bridgehead atoms. The Morgan fingerprint density at radius 3 is 2.37 bits per heavy atom. The molecule has 2 aromatic rings. The number of hydrogen-bond donors (Lipinski definition) is 1. The zero-order chi connectivity index (χ0) is 13.9. The number of halogens is 1. The van der Waals surface area contributed by atoms with Crippen LogP contribution in [0.25, 0.3) is 0 Å². The highest BCUT2D eigenvalue weighted by Crippen LogP contribution is 2.22. The largest absolute Gasteiger partial charge is 0.380 e. The molecule has 0 aliphatic carbocycles. The number of benzene rings is 1. The normalized spacial score (nSPS) is 11.5. The molecule has 0 atom stereocenters. The minimum atomic E-state index is -3.12. The first-order chi connectivity index (χ1) is 9.01.